The molecule has 0 bridgehead atoms. The maximum atomic E-state index is 10.8. The summed E-state index contributed by atoms with van der Waals surface area (Å²) in [6, 6.07) is 4.13. The van der Waals surface area contributed by atoms with Gasteiger partial charge in [-0.25, -0.2) is 0 Å². The van der Waals surface area contributed by atoms with E-state index in [-0.39, 0.29) is 29.5 Å². The number of nitrogens with two attached hydrogens (primary N) is 1. The van der Waals surface area contributed by atoms with Crippen LogP contribution in [-0.4, -0.2) is 28.1 Å². The molecule has 0 aliphatic rings. The number of para-hydroxylation sites is 1. The summed E-state index contributed by atoms with van der Waals surface area (Å²) < 4.78 is 5.20. The number of carboxylic acids is 1. The predicted molar refractivity (Wildman–Crippen MR) is 68.4 cm³/mol. The number of nitro groups is 1. The lowest BCUT2D eigenvalue weighted by Gasteiger charge is -2.19. The first-order valence-electron chi connectivity index (χ1n) is 5.33. The Balaban J connectivity index is 2.79. The maximum Gasteiger partial charge on any atom is 0.323 e. The van der Waals surface area contributed by atoms with Gasteiger partial charge in [0.1, 0.15) is 5.54 Å². The lowest BCUT2D eigenvalue weighted by Crippen LogP contribution is -2.45. The smallest absolute Gasteiger partial charge is 0.323 e. The number of halogens is 1. The van der Waals surface area contributed by atoms with Gasteiger partial charge in [0.05, 0.1) is 16.6 Å². The van der Waals surface area contributed by atoms with Gasteiger partial charge in [-0.05, 0) is 13.0 Å². The average molecular weight is 289 g/mol. The highest BCUT2D eigenvalue weighted by molar-refractivity contribution is 6.32. The topological polar surface area (TPSA) is 116 Å². The molecule has 0 aromatic heterocycles. The third-order valence-electron chi connectivity index (χ3n) is 2.50. The second kappa shape index (κ2) is 5.85. The molecule has 1 atom stereocenters. The number of hydrogen-bond donors (Lipinski definition) is 2. The van der Waals surface area contributed by atoms with Gasteiger partial charge >= 0.3 is 11.7 Å². The van der Waals surface area contributed by atoms with E-state index in [2.05, 4.69) is 0 Å². The summed E-state index contributed by atoms with van der Waals surface area (Å²) in [4.78, 5) is 21.0. The fourth-order valence-electron chi connectivity index (χ4n) is 1.26. The molecular formula is C11H13ClN2O5. The van der Waals surface area contributed by atoms with E-state index in [1.165, 1.54) is 25.1 Å². The van der Waals surface area contributed by atoms with Crippen molar-refractivity contribution in [3.63, 3.8) is 0 Å². The van der Waals surface area contributed by atoms with Crippen LogP contribution in [0.1, 0.15) is 13.3 Å². The third kappa shape index (κ3) is 3.80. The lowest BCUT2D eigenvalue weighted by molar-refractivity contribution is -0.385. The minimum atomic E-state index is -1.46. The van der Waals surface area contributed by atoms with Gasteiger partial charge in [0.15, 0.2) is 0 Å². The van der Waals surface area contributed by atoms with Crippen molar-refractivity contribution in [1.29, 1.82) is 0 Å². The summed E-state index contributed by atoms with van der Waals surface area (Å²) in [5.41, 5.74) is 3.77. The molecule has 3 N–H and O–H groups in total. The van der Waals surface area contributed by atoms with E-state index in [1.807, 2.05) is 0 Å². The van der Waals surface area contributed by atoms with Crippen molar-refractivity contribution in [1.82, 2.24) is 0 Å². The summed E-state index contributed by atoms with van der Waals surface area (Å²) in [7, 11) is 0. The summed E-state index contributed by atoms with van der Waals surface area (Å²) in [6.45, 7) is 1.24. The number of benzene rings is 1. The highest BCUT2D eigenvalue weighted by Gasteiger charge is 2.28. The summed E-state index contributed by atoms with van der Waals surface area (Å²) in [5, 5.41) is 19.7. The minimum absolute atomic E-state index is 0.00922. The zero-order chi connectivity index (χ0) is 14.6. The van der Waals surface area contributed by atoms with Crippen molar-refractivity contribution in [2.24, 2.45) is 5.73 Å². The number of carboxylic acid groups (broad SMARTS) is 1. The molecule has 0 fully saturated rings. The molecule has 1 aromatic carbocycles. The first-order chi connectivity index (χ1) is 8.75. The molecule has 1 unspecified atom stereocenters. The Morgan fingerprint density at radius 1 is 1.63 bits per heavy atom. The van der Waals surface area contributed by atoms with Crippen molar-refractivity contribution < 1.29 is 19.6 Å². The Kier molecular flexibility index (Phi) is 4.68. The number of carbonyl (C=O) groups is 1. The van der Waals surface area contributed by atoms with Crippen molar-refractivity contribution in [2.75, 3.05) is 6.61 Å². The summed E-state index contributed by atoms with van der Waals surface area (Å²) in [5.74, 6) is -1.26. The largest absolute Gasteiger partial charge is 0.486 e. The van der Waals surface area contributed by atoms with Crippen LogP contribution in [0.4, 0.5) is 5.69 Å². The molecular weight excluding hydrogens is 276 g/mol. The van der Waals surface area contributed by atoms with Gasteiger partial charge in [-0.15, -0.1) is 0 Å². The van der Waals surface area contributed by atoms with E-state index in [0.717, 1.165) is 0 Å². The summed E-state index contributed by atoms with van der Waals surface area (Å²) >= 11 is 5.81. The number of hydrogen-bond acceptors (Lipinski definition) is 5. The van der Waals surface area contributed by atoms with Gasteiger partial charge in [0, 0.05) is 12.5 Å². The number of rotatable bonds is 6. The van der Waals surface area contributed by atoms with E-state index >= 15 is 0 Å². The van der Waals surface area contributed by atoms with Crippen LogP contribution in [0.15, 0.2) is 18.2 Å². The zero-order valence-corrected chi connectivity index (χ0v) is 10.9. The highest BCUT2D eigenvalue weighted by Crippen LogP contribution is 2.34. The predicted octanol–water partition coefficient (Wildman–Crippen LogP) is 1.82. The van der Waals surface area contributed by atoms with Crippen LogP contribution in [0.25, 0.3) is 0 Å². The highest BCUT2D eigenvalue weighted by atomic mass is 35.5. The Labute approximate surface area is 114 Å². The van der Waals surface area contributed by atoms with E-state index < -0.39 is 16.4 Å². The Morgan fingerprint density at radius 2 is 2.26 bits per heavy atom. The number of nitro benzene ring substituents is 1. The van der Waals surface area contributed by atoms with Crippen molar-refractivity contribution in [2.45, 2.75) is 18.9 Å². The standard InChI is InChI=1S/C11H13ClN2O5/c1-11(13,10(15)16)5-6-19-9-7(12)3-2-4-8(9)14(17)18/h2-4H,5-6,13H2,1H3,(H,15,16). The van der Waals surface area contributed by atoms with E-state index in [0.29, 0.717) is 0 Å². The van der Waals surface area contributed by atoms with Crippen LogP contribution in [0.3, 0.4) is 0 Å². The minimum Gasteiger partial charge on any atom is -0.486 e. The number of aliphatic carboxylic acids is 1. The van der Waals surface area contributed by atoms with Crippen LogP contribution < -0.4 is 10.5 Å². The van der Waals surface area contributed by atoms with E-state index in [4.69, 9.17) is 27.2 Å². The van der Waals surface area contributed by atoms with E-state index in [1.54, 1.807) is 0 Å². The zero-order valence-electron chi connectivity index (χ0n) is 10.1. The van der Waals surface area contributed by atoms with Crippen LogP contribution >= 0.6 is 11.6 Å². The molecule has 1 aromatic rings. The molecule has 0 spiro atoms. The molecule has 19 heavy (non-hydrogen) atoms. The SMILES string of the molecule is CC(N)(CCOc1c(Cl)cccc1[N+](=O)[O-])C(=O)O. The molecule has 1 rings (SSSR count). The van der Waals surface area contributed by atoms with Gasteiger partial charge in [-0.3, -0.25) is 14.9 Å². The molecule has 0 amide bonds. The summed E-state index contributed by atoms with van der Waals surface area (Å²) in [6.07, 6.45) is -0.00922. The van der Waals surface area contributed by atoms with Gasteiger partial charge in [0.2, 0.25) is 5.75 Å². The van der Waals surface area contributed by atoms with Crippen molar-refractivity contribution >= 4 is 23.3 Å². The van der Waals surface area contributed by atoms with Gasteiger partial charge in [-0.1, -0.05) is 17.7 Å². The van der Waals surface area contributed by atoms with Crippen LogP contribution in [0, 0.1) is 10.1 Å². The molecule has 8 heteroatoms. The normalized spacial score (nSPS) is 13.6. The fourth-order valence-corrected chi connectivity index (χ4v) is 1.48. The molecule has 0 heterocycles. The molecule has 0 aliphatic heterocycles. The van der Waals surface area contributed by atoms with Gasteiger partial charge in [0.25, 0.3) is 0 Å². The Morgan fingerprint density at radius 3 is 2.79 bits per heavy atom. The Bertz CT molecular complexity index is 504. The number of ether oxygens (including phenoxy) is 1. The molecule has 0 saturated heterocycles. The van der Waals surface area contributed by atoms with Crippen molar-refractivity contribution in [3.05, 3.63) is 33.3 Å². The maximum absolute atomic E-state index is 10.8. The molecule has 7 nitrogen and oxygen atoms in total. The van der Waals surface area contributed by atoms with Gasteiger partial charge < -0.3 is 15.6 Å². The second-order valence-electron chi connectivity index (χ2n) is 4.17. The third-order valence-corrected chi connectivity index (χ3v) is 2.80. The average Bonchev–Trinajstić information content (AvgIpc) is 2.30. The first kappa shape index (κ1) is 15.2. The first-order valence-corrected chi connectivity index (χ1v) is 5.71. The molecule has 0 saturated carbocycles. The van der Waals surface area contributed by atoms with Crippen LogP contribution in [0.5, 0.6) is 5.75 Å². The fraction of sp³-hybridized carbons (Fsp3) is 0.364. The lowest BCUT2D eigenvalue weighted by atomic mass is 10.0. The van der Waals surface area contributed by atoms with Crippen LogP contribution in [0.2, 0.25) is 5.02 Å². The van der Waals surface area contributed by atoms with Gasteiger partial charge in [-0.2, -0.15) is 0 Å². The Hall–Kier alpha value is -1.86. The quantitative estimate of drug-likeness (QED) is 0.609. The van der Waals surface area contributed by atoms with E-state index in [9.17, 15) is 14.9 Å². The van der Waals surface area contributed by atoms with Crippen molar-refractivity contribution in [3.8, 4) is 5.75 Å². The molecule has 0 aliphatic carbocycles. The monoisotopic (exact) mass is 288 g/mol. The number of nitrogens with zero attached hydrogens (tertiary/aromatic N) is 1. The molecule has 104 valence electrons. The molecule has 0 radical (unpaired) electrons. The van der Waals surface area contributed by atoms with Crippen LogP contribution in [-0.2, 0) is 4.79 Å². The second-order valence-corrected chi connectivity index (χ2v) is 4.57.